The van der Waals surface area contributed by atoms with E-state index in [1.165, 1.54) is 25.1 Å². The second kappa shape index (κ2) is 8.50. The van der Waals surface area contributed by atoms with Crippen molar-refractivity contribution in [3.05, 3.63) is 49.1 Å². The van der Waals surface area contributed by atoms with E-state index in [9.17, 15) is 9.59 Å². The van der Waals surface area contributed by atoms with Gasteiger partial charge in [-0.1, -0.05) is 58.0 Å². The predicted molar refractivity (Wildman–Crippen MR) is 104 cm³/mol. The Balaban J connectivity index is 2.13. The van der Waals surface area contributed by atoms with E-state index in [0.29, 0.717) is 15.7 Å². The number of hydrogen-bond donors (Lipinski definition) is 2. The minimum Gasteiger partial charge on any atom is -0.448 e. The van der Waals surface area contributed by atoms with Gasteiger partial charge in [0.2, 0.25) is 0 Å². The molecule has 138 valence electrons. The van der Waals surface area contributed by atoms with Crippen molar-refractivity contribution in [2.45, 2.75) is 13.0 Å². The Bertz CT molecular complexity index is 871. The van der Waals surface area contributed by atoms with E-state index in [1.807, 2.05) is 0 Å². The van der Waals surface area contributed by atoms with Crippen LogP contribution in [0.3, 0.4) is 0 Å². The Hall–Kier alpha value is -1.44. The van der Waals surface area contributed by atoms with E-state index in [4.69, 9.17) is 68.5 Å². The van der Waals surface area contributed by atoms with Crippen LogP contribution in [0.1, 0.15) is 17.4 Å². The van der Waals surface area contributed by atoms with Gasteiger partial charge in [-0.15, -0.1) is 0 Å². The number of nitrogens with one attached hydrogen (secondary N) is 1. The van der Waals surface area contributed by atoms with Crippen LogP contribution in [-0.2, 0) is 9.53 Å². The van der Waals surface area contributed by atoms with Gasteiger partial charge in [0.15, 0.2) is 17.0 Å². The van der Waals surface area contributed by atoms with Crippen LogP contribution in [0.5, 0.6) is 0 Å². The van der Waals surface area contributed by atoms with Gasteiger partial charge in [-0.2, -0.15) is 0 Å². The molecule has 0 bridgehead atoms. The molecule has 0 saturated heterocycles. The van der Waals surface area contributed by atoms with Crippen LogP contribution in [0.15, 0.2) is 18.2 Å². The van der Waals surface area contributed by atoms with Crippen LogP contribution in [0.25, 0.3) is 0 Å². The fourth-order valence-electron chi connectivity index (χ4n) is 1.81. The van der Waals surface area contributed by atoms with Gasteiger partial charge in [0, 0.05) is 15.7 Å². The smallest absolute Gasteiger partial charge is 0.359 e. The normalized spacial score (nSPS) is 11.8. The van der Waals surface area contributed by atoms with Crippen LogP contribution in [0, 0.1) is 0 Å². The average Bonchev–Trinajstić information content (AvgIpc) is 2.55. The van der Waals surface area contributed by atoms with E-state index < -0.39 is 18.0 Å². The highest BCUT2D eigenvalue weighted by Gasteiger charge is 2.25. The highest BCUT2D eigenvalue weighted by molar-refractivity contribution is 6.46. The molecular weight excluding hydrogens is 447 g/mol. The molecular formula is C15H10Cl5N3O3. The molecule has 2 aromatic rings. The van der Waals surface area contributed by atoms with E-state index in [1.54, 1.807) is 0 Å². The predicted octanol–water partition coefficient (Wildman–Crippen LogP) is 5.11. The molecule has 3 N–H and O–H groups in total. The molecule has 1 aromatic carbocycles. The molecule has 0 aliphatic carbocycles. The molecule has 1 atom stereocenters. The Morgan fingerprint density at radius 3 is 2.23 bits per heavy atom. The molecule has 0 spiro atoms. The standard InChI is InChI=1S/C15H10Cl5N3O3/c1-5(14(24)22-8-3-6(16)2-7(17)4-8)26-15(25)12-9(18)11(21)10(19)13(20)23-12/h2-5H,1H3,(H2,21,23)(H,22,24). The maximum atomic E-state index is 12.2. The summed E-state index contributed by atoms with van der Waals surface area (Å²) in [6.07, 6.45) is -1.19. The third kappa shape index (κ3) is 4.84. The van der Waals surface area contributed by atoms with Gasteiger partial charge >= 0.3 is 5.97 Å². The van der Waals surface area contributed by atoms with Crippen molar-refractivity contribution in [3.63, 3.8) is 0 Å². The number of pyridine rings is 1. The van der Waals surface area contributed by atoms with Gasteiger partial charge < -0.3 is 15.8 Å². The SMILES string of the molecule is CC(OC(=O)c1nc(Cl)c(Cl)c(N)c1Cl)C(=O)Nc1cc(Cl)cc(Cl)c1. The summed E-state index contributed by atoms with van der Waals surface area (Å²) in [6.45, 7) is 1.36. The van der Waals surface area contributed by atoms with Crippen molar-refractivity contribution in [1.82, 2.24) is 4.98 Å². The summed E-state index contributed by atoms with van der Waals surface area (Å²) >= 11 is 29.2. The van der Waals surface area contributed by atoms with Crippen LogP contribution >= 0.6 is 58.0 Å². The Morgan fingerprint density at radius 2 is 1.65 bits per heavy atom. The molecule has 1 unspecified atom stereocenters. The Labute approximate surface area is 173 Å². The summed E-state index contributed by atoms with van der Waals surface area (Å²) in [5.41, 5.74) is 5.50. The fourth-order valence-corrected chi connectivity index (χ4v) is 2.92. The number of carbonyl (C=O) groups is 2. The number of hydrogen-bond acceptors (Lipinski definition) is 5. The molecule has 1 aromatic heterocycles. The third-order valence-corrected chi connectivity index (χ3v) is 4.62. The number of amides is 1. The molecule has 0 aliphatic heterocycles. The number of aromatic nitrogens is 1. The van der Waals surface area contributed by atoms with Crippen molar-refractivity contribution < 1.29 is 14.3 Å². The number of nitrogens with zero attached hydrogens (tertiary/aromatic N) is 1. The quantitative estimate of drug-likeness (QED) is 0.491. The topological polar surface area (TPSA) is 94.3 Å². The number of ether oxygens (including phenoxy) is 1. The number of benzene rings is 1. The van der Waals surface area contributed by atoms with Gasteiger partial charge in [-0.05, 0) is 25.1 Å². The Morgan fingerprint density at radius 1 is 1.08 bits per heavy atom. The number of halogens is 5. The van der Waals surface area contributed by atoms with Crippen molar-refractivity contribution in [1.29, 1.82) is 0 Å². The van der Waals surface area contributed by atoms with Crippen LogP contribution in [0.2, 0.25) is 25.2 Å². The first-order valence-corrected chi connectivity index (χ1v) is 8.77. The van der Waals surface area contributed by atoms with Crippen molar-refractivity contribution >= 4 is 81.3 Å². The molecule has 1 heterocycles. The summed E-state index contributed by atoms with van der Waals surface area (Å²) in [7, 11) is 0. The van der Waals surface area contributed by atoms with Gasteiger partial charge in [-0.25, -0.2) is 9.78 Å². The van der Waals surface area contributed by atoms with Gasteiger partial charge in [0.1, 0.15) is 5.02 Å². The van der Waals surface area contributed by atoms with Crippen molar-refractivity contribution in [3.8, 4) is 0 Å². The van der Waals surface area contributed by atoms with Crippen LogP contribution in [-0.4, -0.2) is 23.0 Å². The molecule has 0 radical (unpaired) electrons. The summed E-state index contributed by atoms with van der Waals surface area (Å²) < 4.78 is 5.04. The summed E-state index contributed by atoms with van der Waals surface area (Å²) in [5.74, 6) is -1.62. The highest BCUT2D eigenvalue weighted by atomic mass is 35.5. The summed E-state index contributed by atoms with van der Waals surface area (Å²) in [6, 6.07) is 4.47. The number of rotatable bonds is 4. The first-order chi connectivity index (χ1) is 12.1. The number of nitrogen functional groups attached to an aromatic ring is 1. The van der Waals surface area contributed by atoms with E-state index >= 15 is 0 Å². The Kier molecular flexibility index (Phi) is 6.82. The molecule has 26 heavy (non-hydrogen) atoms. The van der Waals surface area contributed by atoms with Gasteiger partial charge in [0.05, 0.1) is 10.7 Å². The lowest BCUT2D eigenvalue weighted by Crippen LogP contribution is -2.30. The van der Waals surface area contributed by atoms with E-state index in [2.05, 4.69) is 10.3 Å². The van der Waals surface area contributed by atoms with Crippen molar-refractivity contribution in [2.24, 2.45) is 0 Å². The summed E-state index contributed by atoms with van der Waals surface area (Å²) in [5, 5.41) is 2.66. The second-order valence-electron chi connectivity index (χ2n) is 4.99. The minimum absolute atomic E-state index is 0.0863. The van der Waals surface area contributed by atoms with E-state index in [-0.39, 0.29) is 26.6 Å². The lowest BCUT2D eigenvalue weighted by molar-refractivity contribution is -0.123. The third-order valence-electron chi connectivity index (χ3n) is 3.05. The zero-order chi connectivity index (χ0) is 19.6. The van der Waals surface area contributed by atoms with Crippen LogP contribution < -0.4 is 11.1 Å². The van der Waals surface area contributed by atoms with E-state index in [0.717, 1.165) is 0 Å². The second-order valence-corrected chi connectivity index (χ2v) is 6.97. The average molecular weight is 458 g/mol. The molecule has 2 rings (SSSR count). The number of esters is 1. The van der Waals surface area contributed by atoms with Crippen LogP contribution in [0.4, 0.5) is 11.4 Å². The van der Waals surface area contributed by atoms with Gasteiger partial charge in [0.25, 0.3) is 5.91 Å². The first-order valence-electron chi connectivity index (χ1n) is 6.88. The molecule has 11 heteroatoms. The van der Waals surface area contributed by atoms with Crippen molar-refractivity contribution in [2.75, 3.05) is 11.1 Å². The minimum atomic E-state index is -1.19. The maximum absolute atomic E-state index is 12.2. The maximum Gasteiger partial charge on any atom is 0.359 e. The largest absolute Gasteiger partial charge is 0.448 e. The number of carbonyl (C=O) groups excluding carboxylic acids is 2. The summed E-state index contributed by atoms with van der Waals surface area (Å²) in [4.78, 5) is 28.1. The molecule has 0 aliphatic rings. The molecule has 6 nitrogen and oxygen atoms in total. The molecule has 1 amide bonds. The number of anilines is 2. The zero-order valence-corrected chi connectivity index (χ0v) is 16.7. The lowest BCUT2D eigenvalue weighted by Gasteiger charge is -2.15. The highest BCUT2D eigenvalue weighted by Crippen LogP contribution is 2.34. The van der Waals surface area contributed by atoms with Gasteiger partial charge in [-0.3, -0.25) is 4.79 Å². The first kappa shape index (κ1) is 20.9. The number of nitrogens with two attached hydrogens (primary N) is 1. The monoisotopic (exact) mass is 455 g/mol. The molecule has 0 saturated carbocycles. The zero-order valence-electron chi connectivity index (χ0n) is 12.9. The lowest BCUT2D eigenvalue weighted by atomic mass is 10.3. The fraction of sp³-hybridized carbons (Fsp3) is 0.133. The molecule has 0 fully saturated rings.